The van der Waals surface area contributed by atoms with Crippen molar-refractivity contribution in [3.05, 3.63) is 52.4 Å². The molecule has 1 amide bonds. The molecule has 2 rings (SSSR count). The number of carbonyl (C=O) groups is 1. The van der Waals surface area contributed by atoms with Crippen LogP contribution in [0.2, 0.25) is 0 Å². The Bertz CT molecular complexity index is 649. The average molecular weight is 339 g/mol. The smallest absolute Gasteiger partial charge is 0.263 e. The molecule has 0 aliphatic rings. The highest BCUT2D eigenvalue weighted by Gasteiger charge is 2.20. The van der Waals surface area contributed by atoms with E-state index in [0.29, 0.717) is 4.47 Å². The molecule has 4 nitrogen and oxygen atoms in total. The van der Waals surface area contributed by atoms with Gasteiger partial charge in [0.05, 0.1) is 12.8 Å². The van der Waals surface area contributed by atoms with Crippen LogP contribution in [0.25, 0.3) is 0 Å². The monoisotopic (exact) mass is 338 g/mol. The van der Waals surface area contributed by atoms with Gasteiger partial charge >= 0.3 is 0 Å². The molecule has 0 aliphatic heterocycles. The van der Waals surface area contributed by atoms with E-state index in [-0.39, 0.29) is 17.1 Å². The molecule has 20 heavy (non-hydrogen) atoms. The van der Waals surface area contributed by atoms with E-state index in [0.717, 1.165) is 0 Å². The molecule has 0 unspecified atom stereocenters. The van der Waals surface area contributed by atoms with Crippen LogP contribution in [0.3, 0.4) is 0 Å². The Morgan fingerprint density at radius 2 is 2.15 bits per heavy atom. The highest BCUT2D eigenvalue weighted by Crippen LogP contribution is 2.25. The molecule has 1 heterocycles. The van der Waals surface area contributed by atoms with Crippen LogP contribution in [0.15, 0.2) is 41.0 Å². The zero-order valence-corrected chi connectivity index (χ0v) is 12.5. The van der Waals surface area contributed by atoms with Crippen molar-refractivity contribution in [1.29, 1.82) is 0 Å². The van der Waals surface area contributed by atoms with E-state index < -0.39 is 11.7 Å². The highest BCUT2D eigenvalue weighted by molar-refractivity contribution is 9.10. The second-order valence-electron chi connectivity index (χ2n) is 4.02. The van der Waals surface area contributed by atoms with Crippen molar-refractivity contribution in [2.45, 2.75) is 0 Å². The minimum atomic E-state index is -0.488. The van der Waals surface area contributed by atoms with Crippen LogP contribution < -0.4 is 9.64 Å². The Hall–Kier alpha value is -1.95. The number of carbonyl (C=O) groups excluding carboxylic acids is 1. The Kier molecular flexibility index (Phi) is 4.34. The first-order valence-corrected chi connectivity index (χ1v) is 6.56. The van der Waals surface area contributed by atoms with Gasteiger partial charge in [0, 0.05) is 17.7 Å². The average Bonchev–Trinajstić information content (AvgIpc) is 2.45. The van der Waals surface area contributed by atoms with Crippen LogP contribution >= 0.6 is 15.9 Å². The quantitative estimate of drug-likeness (QED) is 0.862. The van der Waals surface area contributed by atoms with Gasteiger partial charge in [-0.25, -0.2) is 9.37 Å². The fourth-order valence-corrected chi connectivity index (χ4v) is 2.09. The Morgan fingerprint density at radius 3 is 2.80 bits per heavy atom. The van der Waals surface area contributed by atoms with Crippen LogP contribution in [-0.4, -0.2) is 25.0 Å². The summed E-state index contributed by atoms with van der Waals surface area (Å²) in [5, 5.41) is 0. The van der Waals surface area contributed by atoms with Crippen molar-refractivity contribution in [2.75, 3.05) is 19.1 Å². The molecular formula is C14H12BrFN2O2. The first-order chi connectivity index (χ1) is 9.54. The van der Waals surface area contributed by atoms with E-state index >= 15 is 0 Å². The lowest BCUT2D eigenvalue weighted by Gasteiger charge is -2.19. The van der Waals surface area contributed by atoms with E-state index in [1.807, 2.05) is 0 Å². The first-order valence-electron chi connectivity index (χ1n) is 5.76. The summed E-state index contributed by atoms with van der Waals surface area (Å²) in [6.45, 7) is 0. The zero-order valence-electron chi connectivity index (χ0n) is 10.9. The molecule has 0 saturated heterocycles. The molecule has 104 valence electrons. The van der Waals surface area contributed by atoms with Gasteiger partial charge in [-0.1, -0.05) is 15.9 Å². The fraction of sp³-hybridized carbons (Fsp3) is 0.143. The van der Waals surface area contributed by atoms with Gasteiger partial charge in [-0.05, 0) is 30.3 Å². The minimum Gasteiger partial charge on any atom is -0.480 e. The van der Waals surface area contributed by atoms with Gasteiger partial charge < -0.3 is 9.64 Å². The molecular weight excluding hydrogens is 327 g/mol. The molecule has 0 fully saturated rings. The number of anilines is 1. The summed E-state index contributed by atoms with van der Waals surface area (Å²) in [6, 6.07) is 7.71. The Labute approximate surface area is 124 Å². The maximum Gasteiger partial charge on any atom is 0.263 e. The van der Waals surface area contributed by atoms with E-state index in [9.17, 15) is 9.18 Å². The molecule has 1 aromatic heterocycles. The Balaban J connectivity index is 2.37. The van der Waals surface area contributed by atoms with E-state index in [2.05, 4.69) is 20.9 Å². The number of benzene rings is 1. The highest BCUT2D eigenvalue weighted by atomic mass is 79.9. The third kappa shape index (κ3) is 2.80. The van der Waals surface area contributed by atoms with E-state index in [1.54, 1.807) is 18.2 Å². The van der Waals surface area contributed by atoms with Gasteiger partial charge in [0.1, 0.15) is 11.4 Å². The predicted octanol–water partition coefficient (Wildman–Crippen LogP) is 3.27. The van der Waals surface area contributed by atoms with Crippen molar-refractivity contribution in [1.82, 2.24) is 4.98 Å². The van der Waals surface area contributed by atoms with Crippen molar-refractivity contribution in [3.8, 4) is 5.88 Å². The summed E-state index contributed by atoms with van der Waals surface area (Å²) >= 11 is 3.18. The summed E-state index contributed by atoms with van der Waals surface area (Å²) in [6.07, 6.45) is 1.52. The number of methoxy groups -OCH3 is 1. The van der Waals surface area contributed by atoms with E-state index in [4.69, 9.17) is 4.74 Å². The molecule has 0 atom stereocenters. The van der Waals surface area contributed by atoms with Gasteiger partial charge in [0.15, 0.2) is 0 Å². The summed E-state index contributed by atoms with van der Waals surface area (Å²) in [7, 11) is 2.93. The molecule has 0 bridgehead atoms. The molecule has 1 aromatic carbocycles. The van der Waals surface area contributed by atoms with Gasteiger partial charge in [0.25, 0.3) is 5.91 Å². The lowest BCUT2D eigenvalue weighted by Crippen LogP contribution is -2.27. The van der Waals surface area contributed by atoms with Crippen LogP contribution in [0, 0.1) is 5.82 Å². The number of rotatable bonds is 3. The largest absolute Gasteiger partial charge is 0.480 e. The van der Waals surface area contributed by atoms with Gasteiger partial charge in [-0.15, -0.1) is 0 Å². The van der Waals surface area contributed by atoms with Crippen molar-refractivity contribution in [2.24, 2.45) is 0 Å². The summed E-state index contributed by atoms with van der Waals surface area (Å²) in [4.78, 5) is 17.6. The number of hydrogen-bond acceptors (Lipinski definition) is 3. The number of aromatic nitrogens is 1. The van der Waals surface area contributed by atoms with Crippen molar-refractivity contribution in [3.63, 3.8) is 0 Å². The summed E-state index contributed by atoms with van der Waals surface area (Å²) in [5.74, 6) is -0.670. The number of amides is 1. The maximum absolute atomic E-state index is 13.9. The third-order valence-corrected chi connectivity index (χ3v) is 3.26. The minimum absolute atomic E-state index is 0.184. The Morgan fingerprint density at radius 1 is 1.40 bits per heavy atom. The predicted molar refractivity (Wildman–Crippen MR) is 77.6 cm³/mol. The molecule has 2 aromatic rings. The molecule has 0 saturated carbocycles. The summed E-state index contributed by atoms with van der Waals surface area (Å²) in [5.41, 5.74) is 0.462. The molecule has 0 radical (unpaired) electrons. The van der Waals surface area contributed by atoms with E-state index in [1.165, 1.54) is 37.4 Å². The standard InChI is InChI=1S/C14H12BrFN2O2/c1-18(12-6-5-9(15)8-11(12)16)14(19)10-4-3-7-17-13(10)20-2/h3-8H,1-2H3. The zero-order chi connectivity index (χ0) is 14.7. The normalized spacial score (nSPS) is 10.2. The first kappa shape index (κ1) is 14.5. The van der Waals surface area contributed by atoms with Gasteiger partial charge in [-0.2, -0.15) is 0 Å². The van der Waals surface area contributed by atoms with Crippen LogP contribution in [-0.2, 0) is 0 Å². The van der Waals surface area contributed by atoms with Gasteiger partial charge in [0.2, 0.25) is 5.88 Å². The molecule has 0 aliphatic carbocycles. The van der Waals surface area contributed by atoms with Crippen LogP contribution in [0.4, 0.5) is 10.1 Å². The number of pyridine rings is 1. The number of halogens is 2. The maximum atomic E-state index is 13.9. The van der Waals surface area contributed by atoms with Crippen molar-refractivity contribution < 1.29 is 13.9 Å². The van der Waals surface area contributed by atoms with Crippen LogP contribution in [0.5, 0.6) is 5.88 Å². The number of hydrogen-bond donors (Lipinski definition) is 0. The summed E-state index contributed by atoms with van der Waals surface area (Å²) < 4.78 is 19.5. The lowest BCUT2D eigenvalue weighted by atomic mass is 10.2. The SMILES string of the molecule is COc1ncccc1C(=O)N(C)c1ccc(Br)cc1F. The van der Waals surface area contributed by atoms with Gasteiger partial charge in [-0.3, -0.25) is 4.79 Å². The second-order valence-corrected chi connectivity index (χ2v) is 4.94. The fourth-order valence-electron chi connectivity index (χ4n) is 1.76. The van der Waals surface area contributed by atoms with Crippen LogP contribution in [0.1, 0.15) is 10.4 Å². The number of nitrogens with zero attached hydrogens (tertiary/aromatic N) is 2. The molecule has 0 N–H and O–H groups in total. The topological polar surface area (TPSA) is 42.4 Å². The lowest BCUT2D eigenvalue weighted by molar-refractivity contribution is 0.0988. The molecule has 6 heteroatoms. The third-order valence-electron chi connectivity index (χ3n) is 2.77. The molecule has 0 spiro atoms. The van der Waals surface area contributed by atoms with Crippen molar-refractivity contribution >= 4 is 27.5 Å². The number of ether oxygens (including phenoxy) is 1. The second kappa shape index (κ2) is 6.00.